The van der Waals surface area contributed by atoms with E-state index in [4.69, 9.17) is 5.11 Å². The number of aromatic carboxylic acids is 1. The zero-order valence-corrected chi connectivity index (χ0v) is 10.8. The number of rotatable bonds is 4. The van der Waals surface area contributed by atoms with Gasteiger partial charge < -0.3 is 5.11 Å². The molecule has 5 heteroatoms. The number of benzene rings is 1. The molecule has 0 fully saturated rings. The molecule has 96 valence electrons. The van der Waals surface area contributed by atoms with Gasteiger partial charge in [0.15, 0.2) is 0 Å². The predicted molar refractivity (Wildman–Crippen MR) is 68.5 cm³/mol. The van der Waals surface area contributed by atoms with Crippen molar-refractivity contribution in [3.8, 4) is 0 Å². The van der Waals surface area contributed by atoms with Crippen molar-refractivity contribution in [2.45, 2.75) is 27.3 Å². The van der Waals surface area contributed by atoms with Gasteiger partial charge in [-0.25, -0.2) is 9.48 Å². The SMILES string of the molecule is CC(C)C(C)Cn1nnc2ccc(C(=O)O)cc21. The van der Waals surface area contributed by atoms with Crippen LogP contribution in [0.2, 0.25) is 0 Å². The van der Waals surface area contributed by atoms with Crippen molar-refractivity contribution < 1.29 is 9.90 Å². The minimum Gasteiger partial charge on any atom is -0.478 e. The molecule has 1 aromatic heterocycles. The molecule has 0 aliphatic heterocycles. The average molecular weight is 247 g/mol. The maximum atomic E-state index is 11.0. The minimum atomic E-state index is -0.929. The molecule has 5 nitrogen and oxygen atoms in total. The van der Waals surface area contributed by atoms with Crippen LogP contribution in [0, 0.1) is 11.8 Å². The van der Waals surface area contributed by atoms with Crippen molar-refractivity contribution in [1.29, 1.82) is 0 Å². The summed E-state index contributed by atoms with van der Waals surface area (Å²) in [5.41, 5.74) is 1.78. The van der Waals surface area contributed by atoms with Gasteiger partial charge >= 0.3 is 5.97 Å². The summed E-state index contributed by atoms with van der Waals surface area (Å²) in [5, 5.41) is 17.1. The molecule has 0 spiro atoms. The normalized spacial score (nSPS) is 13.1. The van der Waals surface area contributed by atoms with Crippen LogP contribution in [0.1, 0.15) is 31.1 Å². The summed E-state index contributed by atoms with van der Waals surface area (Å²) in [6.45, 7) is 7.22. The Bertz CT molecular complexity index is 575. The highest BCUT2D eigenvalue weighted by Gasteiger charge is 2.13. The van der Waals surface area contributed by atoms with E-state index >= 15 is 0 Å². The molecule has 0 bridgehead atoms. The molecule has 1 atom stereocenters. The van der Waals surface area contributed by atoms with Gasteiger partial charge in [0.05, 0.1) is 11.1 Å². The molecule has 0 aliphatic rings. The predicted octanol–water partition coefficient (Wildman–Crippen LogP) is 2.42. The minimum absolute atomic E-state index is 0.267. The fourth-order valence-corrected chi connectivity index (χ4v) is 1.72. The molecular weight excluding hydrogens is 230 g/mol. The van der Waals surface area contributed by atoms with Crippen LogP contribution in [0.3, 0.4) is 0 Å². The molecule has 0 saturated carbocycles. The number of nitrogens with zero attached hydrogens (tertiary/aromatic N) is 3. The Kier molecular flexibility index (Phi) is 3.32. The van der Waals surface area contributed by atoms with E-state index in [0.717, 1.165) is 17.6 Å². The standard InChI is InChI=1S/C13H17N3O2/c1-8(2)9(3)7-16-12-6-10(13(17)18)4-5-11(12)14-15-16/h4-6,8-9H,7H2,1-3H3,(H,17,18). The van der Waals surface area contributed by atoms with Crippen LogP contribution >= 0.6 is 0 Å². The summed E-state index contributed by atoms with van der Waals surface area (Å²) in [4.78, 5) is 11.0. The van der Waals surface area contributed by atoms with Crippen molar-refractivity contribution in [3.05, 3.63) is 23.8 Å². The first-order chi connectivity index (χ1) is 8.49. The Labute approximate surface area is 105 Å². The molecule has 0 amide bonds. The summed E-state index contributed by atoms with van der Waals surface area (Å²) in [6, 6.07) is 4.88. The zero-order valence-electron chi connectivity index (χ0n) is 10.8. The van der Waals surface area contributed by atoms with E-state index in [9.17, 15) is 4.79 Å². The highest BCUT2D eigenvalue weighted by atomic mass is 16.4. The van der Waals surface area contributed by atoms with E-state index in [0.29, 0.717) is 11.8 Å². The smallest absolute Gasteiger partial charge is 0.335 e. The Morgan fingerprint density at radius 2 is 2.11 bits per heavy atom. The van der Waals surface area contributed by atoms with E-state index in [1.54, 1.807) is 22.9 Å². The van der Waals surface area contributed by atoms with Gasteiger partial charge in [0.1, 0.15) is 5.52 Å². The molecule has 1 unspecified atom stereocenters. The van der Waals surface area contributed by atoms with Gasteiger partial charge in [-0.05, 0) is 30.0 Å². The summed E-state index contributed by atoms with van der Waals surface area (Å²) in [5.74, 6) is 0.0804. The van der Waals surface area contributed by atoms with Crippen LogP contribution in [0.5, 0.6) is 0 Å². The molecule has 0 saturated heterocycles. The average Bonchev–Trinajstić information content (AvgIpc) is 2.71. The van der Waals surface area contributed by atoms with Gasteiger partial charge in [-0.1, -0.05) is 26.0 Å². The van der Waals surface area contributed by atoms with Crippen LogP contribution in [0.15, 0.2) is 18.2 Å². The van der Waals surface area contributed by atoms with Crippen LogP contribution in [-0.4, -0.2) is 26.1 Å². The third-order valence-corrected chi connectivity index (χ3v) is 3.36. The lowest BCUT2D eigenvalue weighted by Crippen LogP contribution is -2.14. The molecular formula is C13H17N3O2. The van der Waals surface area contributed by atoms with E-state index in [1.165, 1.54) is 0 Å². The van der Waals surface area contributed by atoms with Gasteiger partial charge in [-0.2, -0.15) is 0 Å². The quantitative estimate of drug-likeness (QED) is 0.900. The lowest BCUT2D eigenvalue weighted by atomic mass is 9.98. The monoisotopic (exact) mass is 247 g/mol. The third kappa shape index (κ3) is 2.34. The first-order valence-corrected chi connectivity index (χ1v) is 6.05. The Balaban J connectivity index is 2.39. The van der Waals surface area contributed by atoms with Gasteiger partial charge in [0, 0.05) is 6.54 Å². The summed E-state index contributed by atoms with van der Waals surface area (Å²) >= 11 is 0. The van der Waals surface area contributed by atoms with Gasteiger partial charge in [-0.3, -0.25) is 0 Å². The van der Waals surface area contributed by atoms with E-state index in [1.807, 2.05) is 0 Å². The molecule has 1 N–H and O–H groups in total. The maximum absolute atomic E-state index is 11.0. The second-order valence-electron chi connectivity index (χ2n) is 5.00. The summed E-state index contributed by atoms with van der Waals surface area (Å²) in [7, 11) is 0. The van der Waals surface area contributed by atoms with Crippen molar-refractivity contribution >= 4 is 17.0 Å². The number of hydrogen-bond donors (Lipinski definition) is 1. The molecule has 0 aliphatic carbocycles. The highest BCUT2D eigenvalue weighted by molar-refractivity contribution is 5.92. The fourth-order valence-electron chi connectivity index (χ4n) is 1.72. The Morgan fingerprint density at radius 3 is 2.72 bits per heavy atom. The summed E-state index contributed by atoms with van der Waals surface area (Å²) < 4.78 is 1.78. The maximum Gasteiger partial charge on any atom is 0.335 e. The Morgan fingerprint density at radius 1 is 1.39 bits per heavy atom. The van der Waals surface area contributed by atoms with E-state index < -0.39 is 5.97 Å². The number of aromatic nitrogens is 3. The Hall–Kier alpha value is -1.91. The van der Waals surface area contributed by atoms with Crippen LogP contribution in [0.25, 0.3) is 11.0 Å². The number of carboxylic acids is 1. The molecule has 1 aromatic carbocycles. The van der Waals surface area contributed by atoms with E-state index in [2.05, 4.69) is 31.1 Å². The van der Waals surface area contributed by atoms with Crippen molar-refractivity contribution in [1.82, 2.24) is 15.0 Å². The second kappa shape index (κ2) is 4.76. The van der Waals surface area contributed by atoms with Gasteiger partial charge in [0.2, 0.25) is 0 Å². The van der Waals surface area contributed by atoms with Crippen molar-refractivity contribution in [3.63, 3.8) is 0 Å². The highest BCUT2D eigenvalue weighted by Crippen LogP contribution is 2.17. The first kappa shape index (κ1) is 12.5. The molecule has 2 aromatic rings. The number of hydrogen-bond acceptors (Lipinski definition) is 3. The number of carboxylic acid groups (broad SMARTS) is 1. The molecule has 2 rings (SSSR count). The molecule has 0 radical (unpaired) electrons. The largest absolute Gasteiger partial charge is 0.478 e. The lowest BCUT2D eigenvalue weighted by molar-refractivity contribution is 0.0697. The molecule has 18 heavy (non-hydrogen) atoms. The van der Waals surface area contributed by atoms with Crippen LogP contribution in [-0.2, 0) is 6.54 Å². The third-order valence-electron chi connectivity index (χ3n) is 3.36. The van der Waals surface area contributed by atoms with Gasteiger partial charge in [-0.15, -0.1) is 5.10 Å². The topological polar surface area (TPSA) is 68.0 Å². The summed E-state index contributed by atoms with van der Waals surface area (Å²) in [6.07, 6.45) is 0. The zero-order chi connectivity index (χ0) is 13.3. The number of fused-ring (bicyclic) bond motifs is 1. The van der Waals surface area contributed by atoms with Crippen molar-refractivity contribution in [2.24, 2.45) is 11.8 Å². The second-order valence-corrected chi connectivity index (χ2v) is 5.00. The van der Waals surface area contributed by atoms with Crippen LogP contribution < -0.4 is 0 Å². The van der Waals surface area contributed by atoms with Crippen LogP contribution in [0.4, 0.5) is 0 Å². The fraction of sp³-hybridized carbons (Fsp3) is 0.462. The van der Waals surface area contributed by atoms with E-state index in [-0.39, 0.29) is 5.56 Å². The van der Waals surface area contributed by atoms with Gasteiger partial charge in [0.25, 0.3) is 0 Å². The first-order valence-electron chi connectivity index (χ1n) is 6.05. The molecule has 1 heterocycles. The van der Waals surface area contributed by atoms with Crippen molar-refractivity contribution in [2.75, 3.05) is 0 Å². The number of carbonyl (C=O) groups is 1. The lowest BCUT2D eigenvalue weighted by Gasteiger charge is -2.15.